The van der Waals surface area contributed by atoms with Crippen molar-refractivity contribution in [2.24, 2.45) is 0 Å². The van der Waals surface area contributed by atoms with Gasteiger partial charge in [0.1, 0.15) is 11.4 Å². The highest BCUT2D eigenvalue weighted by Crippen LogP contribution is 2.34. The monoisotopic (exact) mass is 365 g/mol. The van der Waals surface area contributed by atoms with Gasteiger partial charge < -0.3 is 4.55 Å². The largest absolute Gasteiger partial charge is 0.749 e. The summed E-state index contributed by atoms with van der Waals surface area (Å²) in [6.45, 7) is 0. The van der Waals surface area contributed by atoms with E-state index in [0.717, 1.165) is 6.07 Å². The zero-order valence-corrected chi connectivity index (χ0v) is 13.1. The molecule has 0 fully saturated rings. The van der Waals surface area contributed by atoms with E-state index in [9.17, 15) is 30.1 Å². The van der Waals surface area contributed by atoms with Gasteiger partial charge in [-0.3, -0.25) is 4.55 Å². The molecule has 2 rings (SSSR count). The lowest BCUT2D eigenvalue weighted by atomic mass is 10.1. The fourth-order valence-corrected chi connectivity index (χ4v) is 5.46. The van der Waals surface area contributed by atoms with Crippen molar-refractivity contribution in [2.45, 2.75) is 4.58 Å². The van der Waals surface area contributed by atoms with Crippen LogP contribution in [0.4, 0.5) is 0 Å². The fourth-order valence-electron chi connectivity index (χ4n) is 2.03. The lowest BCUT2D eigenvalue weighted by Crippen LogP contribution is -2.25. The van der Waals surface area contributed by atoms with Crippen LogP contribution < -0.4 is 0 Å². The van der Waals surface area contributed by atoms with Gasteiger partial charge in [-0.25, -0.2) is 4.21 Å². The third kappa shape index (κ3) is 3.51. The summed E-state index contributed by atoms with van der Waals surface area (Å²) in [4.78, 5) is 0. The van der Waals surface area contributed by atoms with E-state index in [1.807, 2.05) is 0 Å². The fraction of sp³-hybridized carbons (Fsp3) is 0.0909. The Bertz CT molecular complexity index is 927. The van der Waals surface area contributed by atoms with Crippen molar-refractivity contribution in [1.29, 1.82) is 0 Å². The van der Waals surface area contributed by atoms with Gasteiger partial charge in [-0.15, -0.1) is 0 Å². The number of hydrogen-bond donors (Lipinski definition) is 1. The van der Waals surface area contributed by atoms with Gasteiger partial charge in [0.15, 0.2) is 0 Å². The van der Waals surface area contributed by atoms with Gasteiger partial charge in [0.05, 0.1) is 0 Å². The quantitative estimate of drug-likeness (QED) is 0.608. The maximum atomic E-state index is 11.9. The predicted octanol–water partition coefficient (Wildman–Crippen LogP) is 0.867. The van der Waals surface area contributed by atoms with Crippen LogP contribution in [0, 0.1) is 0 Å². The van der Waals surface area contributed by atoms with Crippen LogP contribution in [0.1, 0.15) is 10.1 Å². The summed E-state index contributed by atoms with van der Waals surface area (Å²) < 4.78 is 78.0. The minimum Gasteiger partial charge on any atom is -0.749 e. The number of benzene rings is 2. The summed E-state index contributed by atoms with van der Waals surface area (Å²) >= 11 is -3.51. The molecule has 0 radical (unpaired) electrons. The first kappa shape index (κ1) is 17.0. The normalized spacial score (nSPS) is 15.5. The van der Waals surface area contributed by atoms with Crippen molar-refractivity contribution in [1.82, 2.24) is 0 Å². The van der Waals surface area contributed by atoms with Crippen LogP contribution in [-0.4, -0.2) is 30.1 Å². The Morgan fingerprint density at radius 2 is 1.64 bits per heavy atom. The molecular formula is C11H9O8S3-. The standard InChI is InChI=1S/C11H10O8S3/c12-20(13)19-22(17,18)11(21(14,15)16)10-7-3-5-8-4-1-2-6-9(8)10/h1-7,11H,(H,12,13)(H,14,15,16)/p-1. The molecule has 22 heavy (non-hydrogen) atoms. The van der Waals surface area contributed by atoms with E-state index in [1.54, 1.807) is 18.2 Å². The van der Waals surface area contributed by atoms with Crippen LogP contribution in [0.25, 0.3) is 10.8 Å². The zero-order valence-electron chi connectivity index (χ0n) is 10.6. The Labute approximate surface area is 129 Å². The smallest absolute Gasteiger partial charge is 0.303 e. The third-order valence-electron chi connectivity index (χ3n) is 2.76. The first-order valence-electron chi connectivity index (χ1n) is 5.60. The Morgan fingerprint density at radius 1 is 1.05 bits per heavy atom. The van der Waals surface area contributed by atoms with Crippen LogP contribution in [0.2, 0.25) is 0 Å². The predicted molar refractivity (Wildman–Crippen MR) is 77.2 cm³/mol. The zero-order chi connectivity index (χ0) is 16.5. The van der Waals surface area contributed by atoms with Crippen molar-refractivity contribution in [3.63, 3.8) is 0 Å². The molecule has 0 aromatic heterocycles. The summed E-state index contributed by atoms with van der Waals surface area (Å²) in [7, 11) is -10.4. The average Bonchev–Trinajstić information content (AvgIpc) is 2.35. The molecule has 2 aromatic rings. The second-order valence-electron chi connectivity index (χ2n) is 4.18. The van der Waals surface area contributed by atoms with Crippen LogP contribution in [0.5, 0.6) is 0 Å². The maximum Gasteiger partial charge on any atom is 0.303 e. The van der Waals surface area contributed by atoms with Crippen molar-refractivity contribution in [2.75, 3.05) is 0 Å². The van der Waals surface area contributed by atoms with E-state index in [1.165, 1.54) is 18.2 Å². The van der Waals surface area contributed by atoms with Gasteiger partial charge in [0, 0.05) is 0 Å². The topological polar surface area (TPSA) is 138 Å². The van der Waals surface area contributed by atoms with Gasteiger partial charge in [0.2, 0.25) is 4.58 Å². The van der Waals surface area contributed by atoms with Crippen molar-refractivity contribution in [3.8, 4) is 0 Å². The number of rotatable bonds is 5. The summed E-state index contributed by atoms with van der Waals surface area (Å²) in [5.41, 5.74) is -0.314. The third-order valence-corrected chi connectivity index (χ3v) is 6.97. The molecule has 0 saturated carbocycles. The summed E-state index contributed by atoms with van der Waals surface area (Å²) in [5, 5.41) is 0.726. The summed E-state index contributed by atoms with van der Waals surface area (Å²) in [5.74, 6) is 0. The van der Waals surface area contributed by atoms with Crippen molar-refractivity contribution in [3.05, 3.63) is 48.0 Å². The maximum absolute atomic E-state index is 11.9. The first-order chi connectivity index (χ1) is 10.1. The highest BCUT2D eigenvalue weighted by molar-refractivity contribution is 8.06. The van der Waals surface area contributed by atoms with Crippen LogP contribution in [0.3, 0.4) is 0 Å². The molecule has 2 atom stereocenters. The Hall–Kier alpha value is -1.37. The Kier molecular flexibility index (Phi) is 4.65. The molecule has 0 aliphatic rings. The SMILES string of the molecule is O=S([O-])OS(=O)(=O)C(c1cccc2ccccc12)S(=O)(=O)O. The van der Waals surface area contributed by atoms with E-state index in [4.69, 9.17) is 0 Å². The van der Waals surface area contributed by atoms with E-state index in [0.29, 0.717) is 5.39 Å². The molecule has 0 amide bonds. The van der Waals surface area contributed by atoms with E-state index in [2.05, 4.69) is 3.63 Å². The van der Waals surface area contributed by atoms with Crippen LogP contribution >= 0.6 is 0 Å². The van der Waals surface area contributed by atoms with Gasteiger partial charge in [0.25, 0.3) is 10.1 Å². The van der Waals surface area contributed by atoms with Gasteiger partial charge in [-0.1, -0.05) is 42.5 Å². The molecule has 0 saturated heterocycles. The lowest BCUT2D eigenvalue weighted by molar-refractivity contribution is 0.424. The highest BCUT2D eigenvalue weighted by Gasteiger charge is 2.41. The first-order valence-corrected chi connectivity index (χ1v) is 9.57. The molecule has 2 aromatic carbocycles. The van der Waals surface area contributed by atoms with E-state index >= 15 is 0 Å². The molecule has 1 N–H and O–H groups in total. The summed E-state index contributed by atoms with van der Waals surface area (Å²) in [6, 6.07) is 10.3. The van der Waals surface area contributed by atoms with Gasteiger partial charge in [-0.2, -0.15) is 20.5 Å². The van der Waals surface area contributed by atoms with Gasteiger partial charge >= 0.3 is 10.1 Å². The lowest BCUT2D eigenvalue weighted by Gasteiger charge is -2.17. The van der Waals surface area contributed by atoms with Gasteiger partial charge in [-0.05, 0) is 16.3 Å². The molecule has 0 spiro atoms. The number of fused-ring (bicyclic) bond motifs is 1. The van der Waals surface area contributed by atoms with E-state index in [-0.39, 0.29) is 10.9 Å². The highest BCUT2D eigenvalue weighted by atomic mass is 32.3. The Balaban J connectivity index is 2.78. The molecular weight excluding hydrogens is 356 g/mol. The summed E-state index contributed by atoms with van der Waals surface area (Å²) in [6.07, 6.45) is 0. The van der Waals surface area contributed by atoms with Crippen molar-refractivity contribution >= 4 is 42.4 Å². The second kappa shape index (κ2) is 6.02. The molecule has 8 nitrogen and oxygen atoms in total. The minimum absolute atomic E-state index is 0.219. The number of hydrogen-bond acceptors (Lipinski definition) is 7. The molecule has 11 heteroatoms. The van der Waals surface area contributed by atoms with Crippen molar-refractivity contribution < 1.29 is 33.8 Å². The van der Waals surface area contributed by atoms with E-state index < -0.39 is 36.2 Å². The second-order valence-corrected chi connectivity index (χ2v) is 8.39. The molecule has 0 bridgehead atoms. The molecule has 2 unspecified atom stereocenters. The van der Waals surface area contributed by atoms with Crippen LogP contribution in [-0.2, 0) is 35.2 Å². The van der Waals surface area contributed by atoms with Crippen LogP contribution in [0.15, 0.2) is 42.5 Å². The average molecular weight is 365 g/mol. The Morgan fingerprint density at radius 3 is 2.23 bits per heavy atom. The molecule has 0 heterocycles. The molecule has 0 aliphatic heterocycles. The molecule has 120 valence electrons. The minimum atomic E-state index is -5.20. The molecule has 0 aliphatic carbocycles.